The van der Waals surface area contributed by atoms with Gasteiger partial charge in [0.1, 0.15) is 10.8 Å². The summed E-state index contributed by atoms with van der Waals surface area (Å²) < 4.78 is 15.8. The van der Waals surface area contributed by atoms with Gasteiger partial charge in [-0.15, -0.1) is 11.3 Å². The highest BCUT2D eigenvalue weighted by Crippen LogP contribution is 2.38. The number of carbonyl (C=O) groups excluding carboxylic acids is 3. The number of halogens is 1. The Morgan fingerprint density at radius 1 is 1.22 bits per heavy atom. The Morgan fingerprint density at radius 2 is 1.97 bits per heavy atom. The number of nitrogens with one attached hydrogen (secondary N) is 1. The highest BCUT2D eigenvalue weighted by Gasteiger charge is 2.28. The first-order valence-corrected chi connectivity index (χ1v) is 11.7. The maximum Gasteiger partial charge on any atom is 0.344 e. The fourth-order valence-electron chi connectivity index (χ4n) is 3.42. The van der Waals surface area contributed by atoms with Gasteiger partial charge in [-0.25, -0.2) is 9.59 Å². The third-order valence-corrected chi connectivity index (χ3v) is 6.68. The lowest BCUT2D eigenvalue weighted by molar-refractivity contribution is -0.155. The number of benzene rings is 1. The van der Waals surface area contributed by atoms with Crippen LogP contribution in [0.3, 0.4) is 0 Å². The molecule has 0 aliphatic heterocycles. The second kappa shape index (κ2) is 10.8. The number of hydrogen-bond acceptors (Lipinski definition) is 7. The normalized spacial score (nSPS) is 13.6. The number of anilines is 1. The van der Waals surface area contributed by atoms with Crippen LogP contribution in [0.15, 0.2) is 18.2 Å². The molecule has 1 aliphatic carbocycles. The zero-order valence-corrected chi connectivity index (χ0v) is 19.9. The van der Waals surface area contributed by atoms with Crippen LogP contribution in [0.25, 0.3) is 0 Å². The van der Waals surface area contributed by atoms with Gasteiger partial charge in [-0.2, -0.15) is 0 Å². The minimum atomic E-state index is -1.06. The molecule has 1 aliphatic rings. The van der Waals surface area contributed by atoms with Crippen LogP contribution in [-0.4, -0.2) is 37.2 Å². The lowest BCUT2D eigenvalue weighted by Crippen LogP contribution is -2.32. The van der Waals surface area contributed by atoms with Crippen molar-refractivity contribution in [3.05, 3.63) is 44.8 Å². The summed E-state index contributed by atoms with van der Waals surface area (Å²) in [7, 11) is 0. The molecule has 9 heteroatoms. The molecule has 3 rings (SSSR count). The van der Waals surface area contributed by atoms with Crippen LogP contribution in [0.5, 0.6) is 5.75 Å². The van der Waals surface area contributed by atoms with E-state index in [2.05, 4.69) is 5.32 Å². The van der Waals surface area contributed by atoms with Crippen molar-refractivity contribution in [2.45, 2.75) is 52.6 Å². The third-order valence-electron chi connectivity index (χ3n) is 5.05. The lowest BCUT2D eigenvalue weighted by atomic mass is 9.95. The molecule has 2 aromatic rings. The van der Waals surface area contributed by atoms with E-state index in [0.29, 0.717) is 21.3 Å². The van der Waals surface area contributed by atoms with Gasteiger partial charge in [-0.1, -0.05) is 11.6 Å². The average Bonchev–Trinajstić information content (AvgIpc) is 3.12. The molecule has 0 saturated heterocycles. The van der Waals surface area contributed by atoms with E-state index in [1.165, 1.54) is 18.3 Å². The van der Waals surface area contributed by atoms with Gasteiger partial charge in [0.25, 0.3) is 5.91 Å². The van der Waals surface area contributed by atoms with Crippen molar-refractivity contribution in [2.24, 2.45) is 0 Å². The van der Waals surface area contributed by atoms with Crippen LogP contribution in [0.1, 0.15) is 53.1 Å². The van der Waals surface area contributed by atoms with E-state index in [4.69, 9.17) is 25.8 Å². The van der Waals surface area contributed by atoms with Crippen LogP contribution in [0.4, 0.5) is 5.00 Å². The number of carbonyl (C=O) groups is 3. The van der Waals surface area contributed by atoms with Crippen molar-refractivity contribution in [3.63, 3.8) is 0 Å². The molecule has 1 amide bonds. The molecular formula is C23H26ClNO6S. The van der Waals surface area contributed by atoms with Crippen molar-refractivity contribution in [1.29, 1.82) is 0 Å². The van der Waals surface area contributed by atoms with Gasteiger partial charge >= 0.3 is 11.9 Å². The summed E-state index contributed by atoms with van der Waals surface area (Å²) in [5, 5.41) is 3.79. The molecule has 0 saturated carbocycles. The number of ether oxygens (including phenoxy) is 3. The largest absolute Gasteiger partial charge is 0.482 e. The van der Waals surface area contributed by atoms with E-state index in [9.17, 15) is 14.4 Å². The van der Waals surface area contributed by atoms with Gasteiger partial charge in [0.15, 0.2) is 12.7 Å². The molecule has 1 aromatic carbocycles. The van der Waals surface area contributed by atoms with Crippen molar-refractivity contribution >= 4 is 45.8 Å². The first-order chi connectivity index (χ1) is 15.3. The summed E-state index contributed by atoms with van der Waals surface area (Å²) in [5.41, 5.74) is 2.19. The van der Waals surface area contributed by atoms with Crippen molar-refractivity contribution < 1.29 is 28.6 Å². The van der Waals surface area contributed by atoms with Crippen LogP contribution < -0.4 is 10.1 Å². The van der Waals surface area contributed by atoms with E-state index >= 15 is 0 Å². The van der Waals surface area contributed by atoms with Crippen LogP contribution >= 0.6 is 22.9 Å². The number of thiophene rings is 1. The standard InChI is InChI=1S/C23H26ClNO6S/c1-4-29-23(28)20-16-7-5-6-8-18(16)32-22(20)25-21(27)14(3)31-19(26)12-30-15-9-10-17(24)13(2)11-15/h9-11,14H,4-8,12H2,1-3H3,(H,25,27)/t14-/m0/s1. The van der Waals surface area contributed by atoms with Gasteiger partial charge < -0.3 is 19.5 Å². The third kappa shape index (κ3) is 5.81. The molecule has 1 aromatic heterocycles. The predicted octanol–water partition coefficient (Wildman–Crippen LogP) is 4.71. The number of amides is 1. The molecule has 0 radical (unpaired) electrons. The van der Waals surface area contributed by atoms with E-state index in [-0.39, 0.29) is 13.2 Å². The summed E-state index contributed by atoms with van der Waals surface area (Å²) in [4.78, 5) is 38.4. The predicted molar refractivity (Wildman–Crippen MR) is 123 cm³/mol. The molecule has 32 heavy (non-hydrogen) atoms. The van der Waals surface area contributed by atoms with E-state index in [0.717, 1.165) is 41.7 Å². The van der Waals surface area contributed by atoms with Gasteiger partial charge in [0, 0.05) is 9.90 Å². The summed E-state index contributed by atoms with van der Waals surface area (Å²) in [5.74, 6) is -1.18. The van der Waals surface area contributed by atoms with Crippen molar-refractivity contribution in [2.75, 3.05) is 18.5 Å². The summed E-state index contributed by atoms with van der Waals surface area (Å²) in [6.45, 7) is 4.94. The molecule has 172 valence electrons. The molecule has 0 fully saturated rings. The Bertz CT molecular complexity index is 1020. The fraction of sp³-hybridized carbons (Fsp3) is 0.435. The lowest BCUT2D eigenvalue weighted by Gasteiger charge is -2.15. The van der Waals surface area contributed by atoms with Gasteiger partial charge in [-0.05, 0) is 75.8 Å². The number of hydrogen-bond donors (Lipinski definition) is 1. The minimum absolute atomic E-state index is 0.248. The molecule has 1 N–H and O–H groups in total. The maximum absolute atomic E-state index is 12.7. The van der Waals surface area contributed by atoms with Gasteiger partial charge in [0.05, 0.1) is 12.2 Å². The monoisotopic (exact) mass is 479 g/mol. The second-order valence-electron chi connectivity index (χ2n) is 7.46. The summed E-state index contributed by atoms with van der Waals surface area (Å²) in [6.07, 6.45) is 2.62. The van der Waals surface area contributed by atoms with Gasteiger partial charge in [0.2, 0.25) is 0 Å². The minimum Gasteiger partial charge on any atom is -0.482 e. The number of aryl methyl sites for hydroxylation is 2. The van der Waals surface area contributed by atoms with Crippen LogP contribution in [0.2, 0.25) is 5.02 Å². The molecule has 1 heterocycles. The Morgan fingerprint density at radius 3 is 2.69 bits per heavy atom. The maximum atomic E-state index is 12.7. The molecule has 7 nitrogen and oxygen atoms in total. The van der Waals surface area contributed by atoms with E-state index in [1.807, 2.05) is 6.92 Å². The quantitative estimate of drug-likeness (QED) is 0.551. The molecule has 0 bridgehead atoms. The average molecular weight is 480 g/mol. The zero-order chi connectivity index (χ0) is 23.3. The number of fused-ring (bicyclic) bond motifs is 1. The molecule has 0 unspecified atom stereocenters. The SMILES string of the molecule is CCOC(=O)c1c(NC(=O)[C@H](C)OC(=O)COc2ccc(Cl)c(C)c2)sc2c1CCCC2. The second-order valence-corrected chi connectivity index (χ2v) is 8.97. The van der Waals surface area contributed by atoms with Crippen LogP contribution in [0, 0.1) is 6.92 Å². The molecule has 0 spiro atoms. The molecule has 1 atom stereocenters. The Labute approximate surface area is 196 Å². The fourth-order valence-corrected chi connectivity index (χ4v) is 4.82. The van der Waals surface area contributed by atoms with Crippen molar-refractivity contribution in [1.82, 2.24) is 0 Å². The molecular weight excluding hydrogens is 454 g/mol. The highest BCUT2D eigenvalue weighted by molar-refractivity contribution is 7.17. The van der Waals surface area contributed by atoms with Crippen molar-refractivity contribution in [3.8, 4) is 5.75 Å². The van der Waals surface area contributed by atoms with Crippen LogP contribution in [-0.2, 0) is 31.9 Å². The van der Waals surface area contributed by atoms with E-state index < -0.39 is 23.9 Å². The summed E-state index contributed by atoms with van der Waals surface area (Å²) in [6, 6.07) is 5.03. The highest BCUT2D eigenvalue weighted by atomic mass is 35.5. The van der Waals surface area contributed by atoms with E-state index in [1.54, 1.807) is 25.1 Å². The summed E-state index contributed by atoms with van der Waals surface area (Å²) >= 11 is 7.36. The Kier molecular flexibility index (Phi) is 8.15. The first kappa shape index (κ1) is 24.1. The Hall–Kier alpha value is -2.58. The first-order valence-electron chi connectivity index (χ1n) is 10.5. The number of rotatable bonds is 8. The smallest absolute Gasteiger partial charge is 0.344 e. The number of esters is 2. The van der Waals surface area contributed by atoms with Gasteiger partial charge in [-0.3, -0.25) is 4.79 Å². The topological polar surface area (TPSA) is 90.9 Å². The Balaban J connectivity index is 1.61. The zero-order valence-electron chi connectivity index (χ0n) is 18.3.